The fourth-order valence-corrected chi connectivity index (χ4v) is 3.00. The monoisotopic (exact) mass is 364 g/mol. The number of aryl methyl sites for hydroxylation is 2. The summed E-state index contributed by atoms with van der Waals surface area (Å²) in [5, 5.41) is 9.96. The van der Waals surface area contributed by atoms with E-state index in [1.165, 1.54) is 5.57 Å². The molecule has 1 aromatic heterocycles. The molecule has 6 heteroatoms. The molecule has 142 valence electrons. The van der Waals surface area contributed by atoms with Crippen LogP contribution in [0, 0.1) is 13.8 Å². The summed E-state index contributed by atoms with van der Waals surface area (Å²) >= 11 is 0. The Morgan fingerprint density at radius 1 is 0.889 bits per heavy atom. The highest BCUT2D eigenvalue weighted by molar-refractivity contribution is 5.64. The normalized spacial score (nSPS) is 13.9. The molecule has 0 bridgehead atoms. The van der Waals surface area contributed by atoms with Crippen LogP contribution in [0.1, 0.15) is 44.7 Å². The number of aromatic nitrogens is 3. The minimum Gasteiger partial charge on any atom is -0.352 e. The first-order chi connectivity index (χ1) is 12.9. The summed E-state index contributed by atoms with van der Waals surface area (Å²) in [6.45, 7) is 10.4. The number of rotatable bonds is 6. The van der Waals surface area contributed by atoms with Crippen molar-refractivity contribution in [2.24, 2.45) is 0 Å². The molecule has 0 spiro atoms. The smallest absolute Gasteiger partial charge is 0.233 e. The predicted octanol–water partition coefficient (Wildman–Crippen LogP) is 5.09. The Kier molecular flexibility index (Phi) is 5.74. The summed E-state index contributed by atoms with van der Waals surface area (Å²) in [6.07, 6.45) is 6.44. The molecule has 0 saturated carbocycles. The molecule has 0 fully saturated rings. The van der Waals surface area contributed by atoms with Crippen LogP contribution in [0.25, 0.3) is 0 Å². The number of nitrogens with one attached hydrogen (secondary N) is 3. The maximum atomic E-state index is 4.58. The van der Waals surface area contributed by atoms with Crippen molar-refractivity contribution in [1.29, 1.82) is 0 Å². The molecule has 27 heavy (non-hydrogen) atoms. The van der Waals surface area contributed by atoms with Gasteiger partial charge in [-0.2, -0.15) is 15.0 Å². The van der Waals surface area contributed by atoms with Crippen LogP contribution in [0.3, 0.4) is 0 Å². The van der Waals surface area contributed by atoms with E-state index >= 15 is 0 Å². The molecule has 1 aliphatic rings. The van der Waals surface area contributed by atoms with Crippen LogP contribution in [0.15, 0.2) is 41.6 Å². The van der Waals surface area contributed by atoms with E-state index in [0.29, 0.717) is 17.8 Å². The number of hydrogen-bond acceptors (Lipinski definition) is 6. The molecule has 0 atom stereocenters. The molecule has 0 radical (unpaired) electrons. The number of para-hydroxylation sites is 1. The fraction of sp³-hybridized carbons (Fsp3) is 0.381. The number of nitrogens with zero attached hydrogens (tertiary/aromatic N) is 3. The molecule has 3 rings (SSSR count). The first kappa shape index (κ1) is 18.9. The highest BCUT2D eigenvalue weighted by atomic mass is 15.3. The average Bonchev–Trinajstić information content (AvgIpc) is 2.57. The summed E-state index contributed by atoms with van der Waals surface area (Å²) in [4.78, 5) is 13.6. The molecule has 1 aliphatic carbocycles. The summed E-state index contributed by atoms with van der Waals surface area (Å²) in [5.74, 6) is 1.59. The Morgan fingerprint density at radius 3 is 2.15 bits per heavy atom. The minimum absolute atomic E-state index is 0.226. The third-order valence-electron chi connectivity index (χ3n) is 4.33. The molecule has 0 unspecified atom stereocenters. The van der Waals surface area contributed by atoms with Gasteiger partial charge in [0.05, 0.1) is 0 Å². The second-order valence-corrected chi connectivity index (χ2v) is 7.31. The number of hydrogen-bond donors (Lipinski definition) is 3. The van der Waals surface area contributed by atoms with E-state index in [9.17, 15) is 0 Å². The van der Waals surface area contributed by atoms with Crippen molar-refractivity contribution in [3.63, 3.8) is 0 Å². The molecule has 0 saturated heterocycles. The van der Waals surface area contributed by atoms with Gasteiger partial charge in [-0.3, -0.25) is 0 Å². The van der Waals surface area contributed by atoms with Crippen LogP contribution in [-0.4, -0.2) is 21.0 Å². The van der Waals surface area contributed by atoms with Crippen molar-refractivity contribution in [3.05, 3.63) is 52.7 Å². The van der Waals surface area contributed by atoms with Crippen LogP contribution >= 0.6 is 0 Å². The summed E-state index contributed by atoms with van der Waals surface area (Å²) in [6, 6.07) is 6.42. The van der Waals surface area contributed by atoms with Crippen LogP contribution in [0.5, 0.6) is 0 Å². The van der Waals surface area contributed by atoms with Crippen molar-refractivity contribution in [2.45, 2.75) is 53.5 Å². The zero-order valence-corrected chi connectivity index (χ0v) is 16.7. The number of anilines is 4. The van der Waals surface area contributed by atoms with E-state index in [-0.39, 0.29) is 6.04 Å². The lowest BCUT2D eigenvalue weighted by Gasteiger charge is -2.16. The summed E-state index contributed by atoms with van der Waals surface area (Å²) in [7, 11) is 0. The molecule has 3 N–H and O–H groups in total. The lowest BCUT2D eigenvalue weighted by atomic mass is 10.1. The van der Waals surface area contributed by atoms with E-state index < -0.39 is 0 Å². The molecular weight excluding hydrogens is 336 g/mol. The van der Waals surface area contributed by atoms with E-state index in [0.717, 1.165) is 35.4 Å². The Morgan fingerprint density at radius 2 is 1.52 bits per heavy atom. The molecule has 0 amide bonds. The van der Waals surface area contributed by atoms with Crippen LogP contribution < -0.4 is 16.0 Å². The van der Waals surface area contributed by atoms with Crippen molar-refractivity contribution in [3.8, 4) is 0 Å². The highest BCUT2D eigenvalue weighted by Gasteiger charge is 2.11. The largest absolute Gasteiger partial charge is 0.352 e. The Hall–Kier alpha value is -2.89. The lowest BCUT2D eigenvalue weighted by Crippen LogP contribution is -2.16. The number of allylic oxidation sites excluding steroid dienone is 3. The number of benzene rings is 1. The quantitative estimate of drug-likeness (QED) is 0.663. The van der Waals surface area contributed by atoms with Gasteiger partial charge in [-0.05, 0) is 64.7 Å². The van der Waals surface area contributed by atoms with Gasteiger partial charge in [0.15, 0.2) is 0 Å². The van der Waals surface area contributed by atoms with Crippen molar-refractivity contribution >= 4 is 23.5 Å². The molecule has 6 nitrogen and oxygen atoms in total. The van der Waals surface area contributed by atoms with Gasteiger partial charge < -0.3 is 16.0 Å². The first-order valence-corrected chi connectivity index (χ1v) is 9.41. The van der Waals surface area contributed by atoms with Crippen molar-refractivity contribution in [2.75, 3.05) is 16.0 Å². The molecule has 2 aromatic rings. The van der Waals surface area contributed by atoms with Gasteiger partial charge in [0.25, 0.3) is 0 Å². The third kappa shape index (κ3) is 5.06. The summed E-state index contributed by atoms with van der Waals surface area (Å²) in [5.41, 5.74) is 5.70. The van der Waals surface area contributed by atoms with Gasteiger partial charge in [-0.15, -0.1) is 0 Å². The second-order valence-electron chi connectivity index (χ2n) is 7.31. The van der Waals surface area contributed by atoms with Gasteiger partial charge in [0.1, 0.15) is 0 Å². The van der Waals surface area contributed by atoms with Crippen molar-refractivity contribution < 1.29 is 0 Å². The van der Waals surface area contributed by atoms with Crippen LogP contribution in [-0.2, 0) is 0 Å². The maximum Gasteiger partial charge on any atom is 0.233 e. The van der Waals surface area contributed by atoms with Crippen LogP contribution in [0.2, 0.25) is 0 Å². The van der Waals surface area contributed by atoms with Gasteiger partial charge >= 0.3 is 0 Å². The standard InChI is InChI=1S/C21H28N6/c1-13(2)22-19-25-20(23-17-11-6-8-14(3)12-17)27-21(26-19)24-18-15(4)9-7-10-16(18)5/h7,9-13H,6,8H2,1-5H3,(H3,22,23,24,25,26,27). The van der Waals surface area contributed by atoms with Crippen molar-refractivity contribution in [1.82, 2.24) is 15.0 Å². The van der Waals surface area contributed by atoms with Crippen LogP contribution in [0.4, 0.5) is 23.5 Å². The minimum atomic E-state index is 0.226. The Bertz CT molecular complexity index is 862. The molecule has 1 heterocycles. The van der Waals surface area contributed by atoms with E-state index in [2.05, 4.69) is 89.8 Å². The topological polar surface area (TPSA) is 74.8 Å². The zero-order chi connectivity index (χ0) is 19.4. The molecule has 1 aromatic carbocycles. The lowest BCUT2D eigenvalue weighted by molar-refractivity contribution is 0.868. The highest BCUT2D eigenvalue weighted by Crippen LogP contribution is 2.24. The Labute approximate surface area is 161 Å². The van der Waals surface area contributed by atoms with Gasteiger partial charge in [-0.25, -0.2) is 0 Å². The van der Waals surface area contributed by atoms with Gasteiger partial charge in [-0.1, -0.05) is 29.8 Å². The Balaban J connectivity index is 1.92. The van der Waals surface area contributed by atoms with Gasteiger partial charge in [0, 0.05) is 17.4 Å². The fourth-order valence-electron chi connectivity index (χ4n) is 3.00. The van der Waals surface area contributed by atoms with Gasteiger partial charge in [0.2, 0.25) is 17.8 Å². The summed E-state index contributed by atoms with van der Waals surface area (Å²) < 4.78 is 0. The average molecular weight is 364 g/mol. The van der Waals surface area contributed by atoms with E-state index in [1.54, 1.807) is 0 Å². The van der Waals surface area contributed by atoms with E-state index in [1.807, 2.05) is 6.07 Å². The predicted molar refractivity (Wildman–Crippen MR) is 112 cm³/mol. The molecular formula is C21H28N6. The first-order valence-electron chi connectivity index (χ1n) is 9.41. The third-order valence-corrected chi connectivity index (χ3v) is 4.33. The van der Waals surface area contributed by atoms with E-state index in [4.69, 9.17) is 0 Å². The molecule has 0 aliphatic heterocycles. The SMILES string of the molecule is CC1=CC(Nc2nc(Nc3c(C)cccc3C)nc(NC(C)C)n2)=CCC1. The zero-order valence-electron chi connectivity index (χ0n) is 16.7. The second kappa shape index (κ2) is 8.20. The maximum absolute atomic E-state index is 4.58.